The van der Waals surface area contributed by atoms with E-state index < -0.39 is 17.7 Å². The maximum absolute atomic E-state index is 11.3. The molecule has 21 heavy (non-hydrogen) atoms. The lowest BCUT2D eigenvalue weighted by atomic mass is 9.88. The Bertz CT molecular complexity index is 337. The molecule has 1 fully saturated rings. The van der Waals surface area contributed by atoms with Crippen LogP contribution in [0.15, 0.2) is 0 Å². The van der Waals surface area contributed by atoms with Crippen LogP contribution in [0.5, 0.6) is 0 Å². The molecule has 1 atom stereocenters. The lowest BCUT2D eigenvalue weighted by Crippen LogP contribution is -2.33. The summed E-state index contributed by atoms with van der Waals surface area (Å²) < 4.78 is 0. The Labute approximate surface area is 125 Å². The summed E-state index contributed by atoms with van der Waals surface area (Å²) in [6.45, 7) is 2.11. The minimum Gasteiger partial charge on any atom is -0.481 e. The molecule has 6 heteroatoms. The predicted molar refractivity (Wildman–Crippen MR) is 75.5 cm³/mol. The molecule has 0 radical (unpaired) electrons. The summed E-state index contributed by atoms with van der Waals surface area (Å²) in [5.74, 6) is -3.36. The van der Waals surface area contributed by atoms with E-state index in [2.05, 4.69) is 6.92 Å². The summed E-state index contributed by atoms with van der Waals surface area (Å²) >= 11 is 0. The second-order valence-electron chi connectivity index (χ2n) is 5.68. The van der Waals surface area contributed by atoms with Crippen LogP contribution in [-0.2, 0) is 19.4 Å². The van der Waals surface area contributed by atoms with E-state index in [0.717, 1.165) is 51.4 Å². The van der Waals surface area contributed by atoms with Crippen LogP contribution < -0.4 is 0 Å². The van der Waals surface area contributed by atoms with Crippen molar-refractivity contribution in [2.24, 2.45) is 5.92 Å². The van der Waals surface area contributed by atoms with Gasteiger partial charge in [-0.05, 0) is 19.3 Å². The van der Waals surface area contributed by atoms with Crippen molar-refractivity contribution < 1.29 is 29.6 Å². The number of unbranched alkanes of at least 4 members (excludes halogenated alkanes) is 5. The molecule has 122 valence electrons. The third kappa shape index (κ3) is 6.01. The van der Waals surface area contributed by atoms with Crippen LogP contribution in [0.3, 0.4) is 0 Å². The zero-order chi connectivity index (χ0) is 15.7. The van der Waals surface area contributed by atoms with E-state index in [4.69, 9.17) is 14.9 Å². The van der Waals surface area contributed by atoms with E-state index in [1.54, 1.807) is 0 Å². The molecule has 1 unspecified atom stereocenters. The van der Waals surface area contributed by atoms with Gasteiger partial charge in [0.1, 0.15) is 0 Å². The SMILES string of the molecule is CCCCCC(CCCCCCC(=O)O)C1(C(=O)O)OO1. The number of hydrogen-bond donors (Lipinski definition) is 2. The number of hydrogen-bond acceptors (Lipinski definition) is 4. The average molecular weight is 302 g/mol. The van der Waals surface area contributed by atoms with Gasteiger partial charge in [0.2, 0.25) is 0 Å². The van der Waals surface area contributed by atoms with E-state index in [1.807, 2.05) is 0 Å². The molecule has 1 heterocycles. The number of aliphatic carboxylic acids is 2. The molecule has 1 saturated heterocycles. The summed E-state index contributed by atoms with van der Waals surface area (Å²) in [5, 5.41) is 17.8. The quantitative estimate of drug-likeness (QED) is 0.307. The highest BCUT2D eigenvalue weighted by Crippen LogP contribution is 2.43. The highest BCUT2D eigenvalue weighted by Gasteiger charge is 2.62. The van der Waals surface area contributed by atoms with Crippen molar-refractivity contribution in [3.63, 3.8) is 0 Å². The first kappa shape index (κ1) is 17.9. The Morgan fingerprint density at radius 2 is 1.52 bits per heavy atom. The van der Waals surface area contributed by atoms with Crippen LogP contribution in [0.1, 0.15) is 71.1 Å². The first-order valence-electron chi connectivity index (χ1n) is 7.85. The van der Waals surface area contributed by atoms with Crippen molar-refractivity contribution in [2.75, 3.05) is 0 Å². The Morgan fingerprint density at radius 3 is 2.00 bits per heavy atom. The Kier molecular flexibility index (Phi) is 7.67. The van der Waals surface area contributed by atoms with E-state index in [0.29, 0.717) is 6.42 Å². The molecule has 0 saturated carbocycles. The number of carboxylic acids is 2. The van der Waals surface area contributed by atoms with Crippen molar-refractivity contribution in [2.45, 2.75) is 76.9 Å². The fourth-order valence-corrected chi connectivity index (χ4v) is 2.61. The van der Waals surface area contributed by atoms with Gasteiger partial charge >= 0.3 is 17.7 Å². The average Bonchev–Trinajstić information content (AvgIpc) is 3.22. The fourth-order valence-electron chi connectivity index (χ4n) is 2.61. The van der Waals surface area contributed by atoms with Gasteiger partial charge in [-0.1, -0.05) is 45.4 Å². The Hall–Kier alpha value is -1.14. The Balaban J connectivity index is 2.29. The van der Waals surface area contributed by atoms with Crippen LogP contribution in [0, 0.1) is 5.92 Å². The van der Waals surface area contributed by atoms with Crippen molar-refractivity contribution in [3.8, 4) is 0 Å². The molecule has 0 aromatic carbocycles. The van der Waals surface area contributed by atoms with Crippen molar-refractivity contribution in [1.82, 2.24) is 0 Å². The maximum Gasteiger partial charge on any atom is 0.370 e. The normalized spacial score (nSPS) is 17.4. The second kappa shape index (κ2) is 9.00. The minimum absolute atomic E-state index is 0.124. The zero-order valence-electron chi connectivity index (χ0n) is 12.7. The van der Waals surface area contributed by atoms with Crippen LogP contribution in [-0.4, -0.2) is 27.9 Å². The van der Waals surface area contributed by atoms with Gasteiger partial charge in [-0.3, -0.25) is 4.79 Å². The van der Waals surface area contributed by atoms with Gasteiger partial charge in [-0.15, -0.1) is 0 Å². The molecule has 0 amide bonds. The maximum atomic E-state index is 11.3. The molecule has 6 nitrogen and oxygen atoms in total. The van der Waals surface area contributed by atoms with Crippen LogP contribution in [0.2, 0.25) is 0 Å². The largest absolute Gasteiger partial charge is 0.481 e. The first-order chi connectivity index (χ1) is 10.0. The molecule has 0 spiro atoms. The minimum atomic E-state index is -1.42. The summed E-state index contributed by atoms with van der Waals surface area (Å²) in [6, 6.07) is 0. The van der Waals surface area contributed by atoms with Crippen LogP contribution in [0.4, 0.5) is 0 Å². The van der Waals surface area contributed by atoms with Gasteiger partial charge in [-0.2, -0.15) is 9.78 Å². The molecule has 2 N–H and O–H groups in total. The summed E-state index contributed by atoms with van der Waals surface area (Å²) in [4.78, 5) is 31.2. The van der Waals surface area contributed by atoms with E-state index in [1.165, 1.54) is 0 Å². The molecular weight excluding hydrogens is 276 g/mol. The lowest BCUT2D eigenvalue weighted by Gasteiger charge is -2.17. The highest BCUT2D eigenvalue weighted by molar-refractivity contribution is 5.77. The summed E-state index contributed by atoms with van der Waals surface area (Å²) in [7, 11) is 0. The molecule has 0 aliphatic carbocycles. The lowest BCUT2D eigenvalue weighted by molar-refractivity contribution is -0.147. The fraction of sp³-hybridized carbons (Fsp3) is 0.867. The topological polar surface area (TPSA) is 99.7 Å². The highest BCUT2D eigenvalue weighted by atomic mass is 17.4. The molecule has 0 bridgehead atoms. The van der Waals surface area contributed by atoms with Gasteiger partial charge < -0.3 is 10.2 Å². The van der Waals surface area contributed by atoms with Gasteiger partial charge in [0.15, 0.2) is 0 Å². The number of rotatable bonds is 13. The molecular formula is C15H26O6. The summed E-state index contributed by atoms with van der Waals surface area (Å²) in [5.41, 5.74) is 0. The van der Waals surface area contributed by atoms with Crippen molar-refractivity contribution >= 4 is 11.9 Å². The molecule has 0 aromatic heterocycles. The van der Waals surface area contributed by atoms with E-state index in [-0.39, 0.29) is 12.3 Å². The molecule has 1 aliphatic rings. The van der Waals surface area contributed by atoms with Crippen LogP contribution >= 0.6 is 0 Å². The molecule has 0 aromatic rings. The van der Waals surface area contributed by atoms with Gasteiger partial charge in [0.25, 0.3) is 0 Å². The molecule has 1 aliphatic heterocycles. The van der Waals surface area contributed by atoms with Gasteiger partial charge in [0, 0.05) is 12.3 Å². The van der Waals surface area contributed by atoms with Crippen molar-refractivity contribution in [3.05, 3.63) is 0 Å². The second-order valence-corrected chi connectivity index (χ2v) is 5.68. The van der Waals surface area contributed by atoms with Gasteiger partial charge in [-0.25, -0.2) is 4.79 Å². The monoisotopic (exact) mass is 302 g/mol. The third-order valence-electron chi connectivity index (χ3n) is 3.95. The zero-order valence-corrected chi connectivity index (χ0v) is 12.7. The summed E-state index contributed by atoms with van der Waals surface area (Å²) in [6.07, 6.45) is 8.17. The number of carbonyl (C=O) groups is 2. The Morgan fingerprint density at radius 1 is 0.952 bits per heavy atom. The smallest absolute Gasteiger partial charge is 0.370 e. The van der Waals surface area contributed by atoms with E-state index >= 15 is 0 Å². The van der Waals surface area contributed by atoms with Crippen LogP contribution in [0.25, 0.3) is 0 Å². The standard InChI is InChI=1S/C15H26O6/c1-2-3-6-9-12(15(14(18)19)20-21-15)10-7-4-5-8-11-13(16)17/h12H,2-11H2,1H3,(H,16,17)(H,18,19). The predicted octanol–water partition coefficient (Wildman–Crippen LogP) is 3.35. The first-order valence-corrected chi connectivity index (χ1v) is 7.85. The molecule has 1 rings (SSSR count). The third-order valence-corrected chi connectivity index (χ3v) is 3.95. The van der Waals surface area contributed by atoms with E-state index in [9.17, 15) is 14.7 Å². The number of carboxylic acid groups (broad SMARTS) is 2. The van der Waals surface area contributed by atoms with Crippen molar-refractivity contribution in [1.29, 1.82) is 0 Å². The van der Waals surface area contributed by atoms with Gasteiger partial charge in [0.05, 0.1) is 0 Å².